The van der Waals surface area contributed by atoms with Crippen LogP contribution >= 0.6 is 0 Å². The molecule has 0 saturated heterocycles. The molecule has 12 heavy (non-hydrogen) atoms. The number of rotatable bonds is 0. The molecule has 1 aromatic carbocycles. The van der Waals surface area contributed by atoms with Crippen LogP contribution in [0.2, 0.25) is 0 Å². The van der Waals surface area contributed by atoms with Crippen molar-refractivity contribution in [1.29, 1.82) is 0 Å². The Morgan fingerprint density at radius 3 is 2.92 bits per heavy atom. The van der Waals surface area contributed by atoms with E-state index in [9.17, 15) is 0 Å². The molecule has 2 heteroatoms. The normalized spacial score (nSPS) is 18.2. The molecule has 0 saturated carbocycles. The van der Waals surface area contributed by atoms with Crippen molar-refractivity contribution in [2.45, 2.75) is 19.8 Å². The summed E-state index contributed by atoms with van der Waals surface area (Å²) in [6, 6.07) is 6.20. The van der Waals surface area contributed by atoms with E-state index in [1.807, 2.05) is 0 Å². The van der Waals surface area contributed by atoms with Crippen molar-refractivity contribution >= 4 is 5.71 Å². The van der Waals surface area contributed by atoms with Crippen LogP contribution in [0.4, 0.5) is 0 Å². The highest BCUT2D eigenvalue weighted by atomic mass is 16.4. The molecule has 1 aliphatic carbocycles. The fourth-order valence-corrected chi connectivity index (χ4v) is 1.83. The fourth-order valence-electron chi connectivity index (χ4n) is 1.83. The van der Waals surface area contributed by atoms with Crippen LogP contribution in [0.25, 0.3) is 0 Å². The molecule has 0 aliphatic heterocycles. The smallest absolute Gasteiger partial charge is 0.0876 e. The van der Waals surface area contributed by atoms with Gasteiger partial charge in [0.05, 0.1) is 5.71 Å². The highest BCUT2D eigenvalue weighted by molar-refractivity contribution is 6.05. The molecular formula is C10H11NO. The van der Waals surface area contributed by atoms with Crippen LogP contribution in [0.5, 0.6) is 0 Å². The molecule has 62 valence electrons. The average Bonchev–Trinajstić information content (AvgIpc) is 2.49. The Balaban J connectivity index is 2.63. The number of hydrogen-bond donors (Lipinski definition) is 1. The van der Waals surface area contributed by atoms with Crippen LogP contribution in [0.15, 0.2) is 23.4 Å². The Hall–Kier alpha value is -1.31. The third-order valence-electron chi connectivity index (χ3n) is 2.40. The fraction of sp³-hybridized carbons (Fsp3) is 0.300. The van der Waals surface area contributed by atoms with E-state index in [4.69, 9.17) is 5.21 Å². The number of hydrogen-bond acceptors (Lipinski definition) is 2. The summed E-state index contributed by atoms with van der Waals surface area (Å²) in [5, 5.41) is 12.0. The van der Waals surface area contributed by atoms with Gasteiger partial charge in [0.15, 0.2) is 0 Å². The SMILES string of the molecule is Cc1cccc2c1C(=NO)CC2. The Bertz CT molecular complexity index is 342. The van der Waals surface area contributed by atoms with Gasteiger partial charge in [-0.15, -0.1) is 0 Å². The monoisotopic (exact) mass is 161 g/mol. The van der Waals surface area contributed by atoms with Gasteiger partial charge in [-0.1, -0.05) is 23.4 Å². The highest BCUT2D eigenvalue weighted by Crippen LogP contribution is 2.25. The molecule has 0 amide bonds. The van der Waals surface area contributed by atoms with E-state index in [2.05, 4.69) is 30.3 Å². The van der Waals surface area contributed by atoms with Crippen molar-refractivity contribution in [2.75, 3.05) is 0 Å². The van der Waals surface area contributed by atoms with E-state index in [0.717, 1.165) is 24.1 Å². The summed E-state index contributed by atoms with van der Waals surface area (Å²) in [6.07, 6.45) is 1.88. The number of fused-ring (bicyclic) bond motifs is 1. The van der Waals surface area contributed by atoms with E-state index >= 15 is 0 Å². The Morgan fingerprint density at radius 1 is 1.33 bits per heavy atom. The van der Waals surface area contributed by atoms with Gasteiger partial charge in [-0.3, -0.25) is 0 Å². The molecule has 1 aromatic rings. The molecule has 0 aromatic heterocycles. The lowest BCUT2D eigenvalue weighted by Crippen LogP contribution is -1.96. The van der Waals surface area contributed by atoms with Crippen molar-refractivity contribution in [3.05, 3.63) is 34.9 Å². The molecule has 1 N–H and O–H groups in total. The van der Waals surface area contributed by atoms with Crippen LogP contribution < -0.4 is 0 Å². The van der Waals surface area contributed by atoms with Crippen molar-refractivity contribution in [3.8, 4) is 0 Å². The molecule has 1 aliphatic rings. The van der Waals surface area contributed by atoms with Crippen LogP contribution in [0.1, 0.15) is 23.1 Å². The topological polar surface area (TPSA) is 32.6 Å². The first-order chi connectivity index (χ1) is 5.83. The van der Waals surface area contributed by atoms with E-state index in [1.54, 1.807) is 0 Å². The second kappa shape index (κ2) is 2.63. The lowest BCUT2D eigenvalue weighted by atomic mass is 10.0. The second-order valence-electron chi connectivity index (χ2n) is 3.16. The maximum absolute atomic E-state index is 8.73. The summed E-state index contributed by atoms with van der Waals surface area (Å²) in [5.41, 5.74) is 4.50. The van der Waals surface area contributed by atoms with E-state index in [1.165, 1.54) is 11.1 Å². The molecule has 2 nitrogen and oxygen atoms in total. The zero-order valence-corrected chi connectivity index (χ0v) is 7.04. The van der Waals surface area contributed by atoms with Gasteiger partial charge in [0.25, 0.3) is 0 Å². The van der Waals surface area contributed by atoms with Gasteiger partial charge in [-0.2, -0.15) is 0 Å². The summed E-state index contributed by atoms with van der Waals surface area (Å²) in [4.78, 5) is 0. The molecule has 2 rings (SSSR count). The van der Waals surface area contributed by atoms with Crippen LogP contribution in [-0.2, 0) is 6.42 Å². The molecule has 0 unspecified atom stereocenters. The first-order valence-electron chi connectivity index (χ1n) is 4.12. The summed E-state index contributed by atoms with van der Waals surface area (Å²) < 4.78 is 0. The number of oxime groups is 1. The van der Waals surface area contributed by atoms with E-state index in [0.29, 0.717) is 0 Å². The highest BCUT2D eigenvalue weighted by Gasteiger charge is 2.19. The van der Waals surface area contributed by atoms with Crippen LogP contribution in [0, 0.1) is 6.92 Å². The molecule has 0 fully saturated rings. The second-order valence-corrected chi connectivity index (χ2v) is 3.16. The van der Waals surface area contributed by atoms with Gasteiger partial charge < -0.3 is 5.21 Å². The average molecular weight is 161 g/mol. The van der Waals surface area contributed by atoms with Gasteiger partial charge in [-0.05, 0) is 30.9 Å². The van der Waals surface area contributed by atoms with Crippen molar-refractivity contribution in [1.82, 2.24) is 0 Å². The van der Waals surface area contributed by atoms with Crippen LogP contribution in [-0.4, -0.2) is 10.9 Å². The first-order valence-corrected chi connectivity index (χ1v) is 4.12. The number of aryl methyl sites for hydroxylation is 2. The standard InChI is InChI=1S/C10H11NO/c1-7-3-2-4-8-5-6-9(11-12)10(7)8/h2-4,12H,5-6H2,1H3. The molecular weight excluding hydrogens is 150 g/mol. The first kappa shape index (κ1) is 7.35. The summed E-state index contributed by atoms with van der Waals surface area (Å²) in [7, 11) is 0. The van der Waals surface area contributed by atoms with Gasteiger partial charge in [0.2, 0.25) is 0 Å². The molecule has 0 spiro atoms. The summed E-state index contributed by atoms with van der Waals surface area (Å²) >= 11 is 0. The third-order valence-corrected chi connectivity index (χ3v) is 2.40. The molecule has 0 radical (unpaired) electrons. The predicted molar refractivity (Wildman–Crippen MR) is 47.8 cm³/mol. The van der Waals surface area contributed by atoms with Crippen molar-refractivity contribution < 1.29 is 5.21 Å². The van der Waals surface area contributed by atoms with Crippen LogP contribution in [0.3, 0.4) is 0 Å². The largest absolute Gasteiger partial charge is 0.411 e. The predicted octanol–water partition coefficient (Wildman–Crippen LogP) is 2.12. The third kappa shape index (κ3) is 0.916. The lowest BCUT2D eigenvalue weighted by molar-refractivity contribution is 0.318. The minimum absolute atomic E-state index is 0.836. The zero-order chi connectivity index (χ0) is 8.55. The Labute approximate surface area is 71.5 Å². The maximum Gasteiger partial charge on any atom is 0.0876 e. The van der Waals surface area contributed by atoms with E-state index < -0.39 is 0 Å². The minimum atomic E-state index is 0.836. The lowest BCUT2D eigenvalue weighted by Gasteiger charge is -2.01. The Morgan fingerprint density at radius 2 is 2.17 bits per heavy atom. The molecule has 0 heterocycles. The number of nitrogens with zero attached hydrogens (tertiary/aromatic N) is 1. The minimum Gasteiger partial charge on any atom is -0.411 e. The van der Waals surface area contributed by atoms with Gasteiger partial charge in [0.1, 0.15) is 0 Å². The summed E-state index contributed by atoms with van der Waals surface area (Å²) in [5.74, 6) is 0. The Kier molecular flexibility index (Phi) is 1.61. The van der Waals surface area contributed by atoms with Gasteiger partial charge >= 0.3 is 0 Å². The van der Waals surface area contributed by atoms with Crippen molar-refractivity contribution in [2.24, 2.45) is 5.16 Å². The number of benzene rings is 1. The molecule has 0 atom stereocenters. The zero-order valence-electron chi connectivity index (χ0n) is 7.04. The molecule has 0 bridgehead atoms. The van der Waals surface area contributed by atoms with Crippen molar-refractivity contribution in [3.63, 3.8) is 0 Å². The van der Waals surface area contributed by atoms with Gasteiger partial charge in [-0.25, -0.2) is 0 Å². The quantitative estimate of drug-likeness (QED) is 0.458. The summed E-state index contributed by atoms with van der Waals surface area (Å²) in [6.45, 7) is 2.05. The van der Waals surface area contributed by atoms with E-state index in [-0.39, 0.29) is 0 Å². The maximum atomic E-state index is 8.73. The van der Waals surface area contributed by atoms with Gasteiger partial charge in [0, 0.05) is 5.56 Å².